The Kier molecular flexibility index (Phi) is 6.85. The molecule has 8 heteroatoms. The summed E-state index contributed by atoms with van der Waals surface area (Å²) < 4.78 is 5.53. The highest BCUT2D eigenvalue weighted by atomic mass is 16.5. The second-order valence-corrected chi connectivity index (χ2v) is 8.74. The van der Waals surface area contributed by atoms with Crippen molar-refractivity contribution in [3.05, 3.63) is 29.3 Å². The van der Waals surface area contributed by atoms with E-state index in [0.29, 0.717) is 30.2 Å². The van der Waals surface area contributed by atoms with Gasteiger partial charge in [0.25, 0.3) is 0 Å². The number of benzene rings is 1. The molecule has 1 aromatic carbocycles. The molecule has 0 saturated heterocycles. The van der Waals surface area contributed by atoms with Gasteiger partial charge in [0.05, 0.1) is 11.5 Å². The van der Waals surface area contributed by atoms with Gasteiger partial charge in [-0.05, 0) is 69.7 Å². The van der Waals surface area contributed by atoms with Crippen LogP contribution in [0.2, 0.25) is 0 Å². The lowest BCUT2D eigenvalue weighted by Gasteiger charge is -2.36. The molecular weight excluding hydrogens is 371 g/mol. The van der Waals surface area contributed by atoms with Gasteiger partial charge in [-0.1, -0.05) is 12.1 Å². The summed E-state index contributed by atoms with van der Waals surface area (Å²) in [5.41, 5.74) is 0.729. The summed E-state index contributed by atoms with van der Waals surface area (Å²) in [7, 11) is 4.65. The van der Waals surface area contributed by atoms with Gasteiger partial charge in [0, 0.05) is 20.0 Å². The van der Waals surface area contributed by atoms with Gasteiger partial charge < -0.3 is 24.6 Å². The lowest BCUT2D eigenvalue weighted by molar-refractivity contribution is -0.132. The molecule has 29 heavy (non-hydrogen) atoms. The first-order valence-corrected chi connectivity index (χ1v) is 10.4. The Bertz CT molecular complexity index is 749. The van der Waals surface area contributed by atoms with Crippen LogP contribution in [0.1, 0.15) is 48.0 Å². The summed E-state index contributed by atoms with van der Waals surface area (Å²) in [5, 5.41) is 19.8. The summed E-state index contributed by atoms with van der Waals surface area (Å²) in [6.45, 7) is 1.10. The number of carbonyl (C=O) groups is 2. The number of hydrogen-bond acceptors (Lipinski definition) is 5. The third-order valence-corrected chi connectivity index (χ3v) is 6.27. The zero-order valence-corrected chi connectivity index (χ0v) is 17.5. The van der Waals surface area contributed by atoms with Crippen LogP contribution in [0.15, 0.2) is 18.2 Å². The molecule has 1 aromatic rings. The molecule has 1 fully saturated rings. The number of likely N-dealkylation sites (N-methyl/N-ethyl adjacent to an activating group) is 1. The molecule has 0 spiro atoms. The quantitative estimate of drug-likeness (QED) is 0.707. The van der Waals surface area contributed by atoms with Crippen molar-refractivity contribution in [2.75, 3.05) is 27.7 Å². The average Bonchev–Trinajstić information content (AvgIpc) is 2.67. The standard InChI is InChI=1S/C21H31BN2O5/c1-23(2)13-15-9-7-14(8-10-15)11-19(25)24(3)18-12-16-5-4-6-17(21(26)27)20(16)29-22(18)28/h4-6,14-15,18,28H,7-13H2,1-3H3,(H,26,27)/t14-,15-,18-/m0/s1. The Labute approximate surface area is 172 Å². The third-order valence-electron chi connectivity index (χ3n) is 6.27. The van der Waals surface area contributed by atoms with E-state index in [9.17, 15) is 19.7 Å². The number of aromatic carboxylic acids is 1. The summed E-state index contributed by atoms with van der Waals surface area (Å²) >= 11 is 0. The number of para-hydroxylation sites is 1. The second kappa shape index (κ2) is 9.18. The first-order valence-electron chi connectivity index (χ1n) is 10.4. The van der Waals surface area contributed by atoms with Crippen molar-refractivity contribution < 1.29 is 24.4 Å². The van der Waals surface area contributed by atoms with Crippen LogP contribution in [-0.4, -0.2) is 72.6 Å². The van der Waals surface area contributed by atoms with E-state index in [4.69, 9.17) is 4.65 Å². The second-order valence-electron chi connectivity index (χ2n) is 8.74. The first-order chi connectivity index (χ1) is 13.8. The van der Waals surface area contributed by atoms with Crippen LogP contribution in [0, 0.1) is 11.8 Å². The molecule has 0 unspecified atom stereocenters. The SMILES string of the molecule is CN(C)C[C@H]1CC[C@H](CC(=O)N(C)[C@H]2Cc3cccc(C(=O)O)c3OB2O)CC1. The van der Waals surface area contributed by atoms with Gasteiger partial charge >= 0.3 is 13.1 Å². The van der Waals surface area contributed by atoms with E-state index in [1.54, 1.807) is 24.1 Å². The Balaban J connectivity index is 1.59. The lowest BCUT2D eigenvalue weighted by Crippen LogP contribution is -2.54. The Morgan fingerprint density at radius 2 is 1.79 bits per heavy atom. The highest BCUT2D eigenvalue weighted by Crippen LogP contribution is 2.34. The van der Waals surface area contributed by atoms with Crippen LogP contribution < -0.4 is 4.65 Å². The molecule has 1 aliphatic heterocycles. The number of hydrogen-bond donors (Lipinski definition) is 2. The number of carboxylic acid groups (broad SMARTS) is 1. The normalized spacial score (nSPS) is 24.0. The zero-order chi connectivity index (χ0) is 21.1. The van der Waals surface area contributed by atoms with Crippen LogP contribution in [-0.2, 0) is 11.2 Å². The number of nitrogens with zero attached hydrogens (tertiary/aromatic N) is 2. The molecule has 2 N–H and O–H groups in total. The fourth-order valence-electron chi connectivity index (χ4n) is 4.62. The highest BCUT2D eigenvalue weighted by molar-refractivity contribution is 6.47. The van der Waals surface area contributed by atoms with Crippen LogP contribution >= 0.6 is 0 Å². The summed E-state index contributed by atoms with van der Waals surface area (Å²) in [4.78, 5) is 28.0. The van der Waals surface area contributed by atoms with Crippen LogP contribution in [0.25, 0.3) is 0 Å². The number of carboxylic acids is 1. The Morgan fingerprint density at radius 3 is 2.41 bits per heavy atom. The number of rotatable bonds is 6. The molecule has 1 heterocycles. The number of fused-ring (bicyclic) bond motifs is 1. The maximum Gasteiger partial charge on any atom is 0.547 e. The van der Waals surface area contributed by atoms with Crippen molar-refractivity contribution >= 4 is 19.0 Å². The van der Waals surface area contributed by atoms with Crippen molar-refractivity contribution in [1.29, 1.82) is 0 Å². The summed E-state index contributed by atoms with van der Waals surface area (Å²) in [5.74, 6) is -0.320. The highest BCUT2D eigenvalue weighted by Gasteiger charge is 2.41. The molecule has 0 bridgehead atoms. The molecule has 1 aliphatic carbocycles. The predicted molar refractivity (Wildman–Crippen MR) is 111 cm³/mol. The first kappa shape index (κ1) is 21.6. The Morgan fingerprint density at radius 1 is 1.14 bits per heavy atom. The molecule has 1 saturated carbocycles. The van der Waals surface area contributed by atoms with Gasteiger partial charge in [-0.2, -0.15) is 0 Å². The molecular formula is C21H31BN2O5. The Hall–Kier alpha value is -2.06. The van der Waals surface area contributed by atoms with E-state index in [1.807, 2.05) is 0 Å². The topological polar surface area (TPSA) is 90.3 Å². The maximum absolute atomic E-state index is 12.9. The van der Waals surface area contributed by atoms with Crippen LogP contribution in [0.3, 0.4) is 0 Å². The lowest BCUT2D eigenvalue weighted by atomic mass is 9.71. The van der Waals surface area contributed by atoms with Gasteiger partial charge in [-0.25, -0.2) is 4.79 Å². The van der Waals surface area contributed by atoms with E-state index >= 15 is 0 Å². The van der Waals surface area contributed by atoms with Crippen molar-refractivity contribution in [1.82, 2.24) is 9.80 Å². The van der Waals surface area contributed by atoms with Crippen molar-refractivity contribution in [3.63, 3.8) is 0 Å². The molecule has 158 valence electrons. The van der Waals surface area contributed by atoms with E-state index in [0.717, 1.165) is 32.2 Å². The molecule has 3 rings (SSSR count). The molecule has 0 aromatic heterocycles. The predicted octanol–water partition coefficient (Wildman–Crippen LogP) is 1.92. The van der Waals surface area contributed by atoms with Crippen LogP contribution in [0.4, 0.5) is 0 Å². The van der Waals surface area contributed by atoms with Gasteiger partial charge in [-0.15, -0.1) is 0 Å². The largest absolute Gasteiger partial charge is 0.547 e. The van der Waals surface area contributed by atoms with Gasteiger partial charge in [0.1, 0.15) is 5.75 Å². The molecule has 1 atom stereocenters. The molecule has 7 nitrogen and oxygen atoms in total. The van der Waals surface area contributed by atoms with Crippen molar-refractivity contribution in [3.8, 4) is 5.75 Å². The van der Waals surface area contributed by atoms with Crippen molar-refractivity contribution in [2.24, 2.45) is 11.8 Å². The average molecular weight is 402 g/mol. The zero-order valence-electron chi connectivity index (χ0n) is 17.5. The number of carbonyl (C=O) groups excluding carboxylic acids is 1. The minimum Gasteiger partial charge on any atom is -0.534 e. The fraction of sp³-hybridized carbons (Fsp3) is 0.619. The molecule has 0 radical (unpaired) electrons. The molecule has 2 aliphatic rings. The minimum atomic E-state index is -1.24. The van der Waals surface area contributed by atoms with E-state index in [-0.39, 0.29) is 17.2 Å². The van der Waals surface area contributed by atoms with E-state index in [2.05, 4.69) is 19.0 Å². The van der Waals surface area contributed by atoms with Gasteiger partial charge in [0.15, 0.2) is 0 Å². The number of amides is 1. The van der Waals surface area contributed by atoms with E-state index < -0.39 is 19.0 Å². The molecule has 1 amide bonds. The third kappa shape index (κ3) is 5.11. The van der Waals surface area contributed by atoms with Crippen molar-refractivity contribution in [2.45, 2.75) is 44.5 Å². The van der Waals surface area contributed by atoms with Crippen LogP contribution in [0.5, 0.6) is 5.75 Å². The maximum atomic E-state index is 12.9. The smallest absolute Gasteiger partial charge is 0.534 e. The minimum absolute atomic E-state index is 0.00606. The van der Waals surface area contributed by atoms with E-state index in [1.165, 1.54) is 6.07 Å². The fourth-order valence-corrected chi connectivity index (χ4v) is 4.62. The monoisotopic (exact) mass is 402 g/mol. The summed E-state index contributed by atoms with van der Waals surface area (Å²) in [6, 6.07) is 4.90. The summed E-state index contributed by atoms with van der Waals surface area (Å²) in [6.07, 6.45) is 5.28. The van der Waals surface area contributed by atoms with Gasteiger partial charge in [-0.3, -0.25) is 4.79 Å². The van der Waals surface area contributed by atoms with Gasteiger partial charge in [0.2, 0.25) is 5.91 Å².